The lowest BCUT2D eigenvalue weighted by molar-refractivity contribution is -0.147. The third kappa shape index (κ3) is 3.26. The molecule has 1 N–H and O–H groups in total. The molecule has 0 saturated carbocycles. The molecule has 0 radical (unpaired) electrons. The van der Waals surface area contributed by atoms with Crippen molar-refractivity contribution in [2.24, 2.45) is 0 Å². The molecule has 0 amide bonds. The zero-order chi connectivity index (χ0) is 13.8. The summed E-state index contributed by atoms with van der Waals surface area (Å²) in [6.45, 7) is 5.42. The topological polar surface area (TPSA) is 41.6 Å². The summed E-state index contributed by atoms with van der Waals surface area (Å²) in [6.07, 6.45) is 0. The number of benzene rings is 1. The Kier molecular flexibility index (Phi) is 4.80. The van der Waals surface area contributed by atoms with Gasteiger partial charge in [-0.1, -0.05) is 17.7 Å². The van der Waals surface area contributed by atoms with Crippen molar-refractivity contribution in [3.05, 3.63) is 34.3 Å². The third-order valence-electron chi connectivity index (χ3n) is 3.47. The number of halogens is 1. The molecular formula is C14H19ClN2O2. The minimum absolute atomic E-state index is 0.215. The molecule has 1 saturated heterocycles. The number of hydrogen-bond donors (Lipinski definition) is 1. The summed E-state index contributed by atoms with van der Waals surface area (Å²) in [6, 6.07) is 5.28. The molecule has 0 aromatic heterocycles. The van der Waals surface area contributed by atoms with E-state index in [-0.39, 0.29) is 12.0 Å². The van der Waals surface area contributed by atoms with E-state index in [0.717, 1.165) is 37.3 Å². The van der Waals surface area contributed by atoms with Gasteiger partial charge < -0.3 is 10.1 Å². The Bertz CT molecular complexity index is 459. The van der Waals surface area contributed by atoms with E-state index in [4.69, 9.17) is 16.3 Å². The van der Waals surface area contributed by atoms with Crippen LogP contribution in [0.2, 0.25) is 5.02 Å². The second-order valence-electron chi connectivity index (χ2n) is 4.71. The monoisotopic (exact) mass is 282 g/mol. The molecule has 5 heteroatoms. The minimum Gasteiger partial charge on any atom is -0.468 e. The standard InChI is InChI=1S/C14H19ClN2O2/c1-10-9-11(15)3-4-12(10)13(14(18)19-2)17-7-5-16-6-8-17/h3-4,9,13,16H,5-8H2,1-2H3. The van der Waals surface area contributed by atoms with Crippen LogP contribution in [0.1, 0.15) is 17.2 Å². The van der Waals surface area contributed by atoms with Gasteiger partial charge in [-0.2, -0.15) is 0 Å². The van der Waals surface area contributed by atoms with Crippen LogP contribution in [0, 0.1) is 6.92 Å². The van der Waals surface area contributed by atoms with Gasteiger partial charge in [0.05, 0.1) is 7.11 Å². The predicted octanol–water partition coefficient (Wildman–Crippen LogP) is 1.77. The van der Waals surface area contributed by atoms with Crippen LogP contribution in [0.25, 0.3) is 0 Å². The number of piperazine rings is 1. The first kappa shape index (κ1) is 14.3. The van der Waals surface area contributed by atoms with Gasteiger partial charge >= 0.3 is 5.97 Å². The van der Waals surface area contributed by atoms with Crippen molar-refractivity contribution < 1.29 is 9.53 Å². The number of methoxy groups -OCH3 is 1. The van der Waals surface area contributed by atoms with Gasteiger partial charge in [-0.05, 0) is 30.2 Å². The highest BCUT2D eigenvalue weighted by Crippen LogP contribution is 2.27. The Balaban J connectivity index is 2.33. The maximum absolute atomic E-state index is 12.1. The summed E-state index contributed by atoms with van der Waals surface area (Å²) >= 11 is 5.98. The molecule has 0 aliphatic carbocycles. The third-order valence-corrected chi connectivity index (χ3v) is 3.70. The molecule has 104 valence electrons. The fourth-order valence-electron chi connectivity index (χ4n) is 2.47. The quantitative estimate of drug-likeness (QED) is 0.858. The molecule has 19 heavy (non-hydrogen) atoms. The average molecular weight is 283 g/mol. The first-order valence-corrected chi connectivity index (χ1v) is 6.80. The second kappa shape index (κ2) is 6.37. The van der Waals surface area contributed by atoms with E-state index in [1.807, 2.05) is 25.1 Å². The van der Waals surface area contributed by atoms with E-state index in [1.165, 1.54) is 7.11 Å². The smallest absolute Gasteiger partial charge is 0.327 e. The normalized spacial score (nSPS) is 18.1. The van der Waals surface area contributed by atoms with Crippen molar-refractivity contribution in [3.8, 4) is 0 Å². The molecule has 0 bridgehead atoms. The molecule has 1 fully saturated rings. The minimum atomic E-state index is -0.343. The Morgan fingerprint density at radius 3 is 2.68 bits per heavy atom. The lowest BCUT2D eigenvalue weighted by Gasteiger charge is -2.34. The molecule has 1 atom stereocenters. The Labute approximate surface area is 118 Å². The van der Waals surface area contributed by atoms with Crippen molar-refractivity contribution in [2.45, 2.75) is 13.0 Å². The number of nitrogens with one attached hydrogen (secondary N) is 1. The predicted molar refractivity (Wildman–Crippen MR) is 75.4 cm³/mol. The fourth-order valence-corrected chi connectivity index (χ4v) is 2.70. The number of esters is 1. The van der Waals surface area contributed by atoms with Crippen molar-refractivity contribution >= 4 is 17.6 Å². The first-order valence-electron chi connectivity index (χ1n) is 6.42. The van der Waals surface area contributed by atoms with E-state index >= 15 is 0 Å². The maximum Gasteiger partial charge on any atom is 0.327 e. The molecule has 1 unspecified atom stereocenters. The van der Waals surface area contributed by atoms with Crippen LogP contribution in [0.3, 0.4) is 0 Å². The first-order chi connectivity index (χ1) is 9.13. The van der Waals surface area contributed by atoms with E-state index < -0.39 is 0 Å². The molecular weight excluding hydrogens is 264 g/mol. The highest BCUT2D eigenvalue weighted by atomic mass is 35.5. The van der Waals surface area contributed by atoms with E-state index in [2.05, 4.69) is 10.2 Å². The number of ether oxygens (including phenoxy) is 1. The number of rotatable bonds is 3. The zero-order valence-corrected chi connectivity index (χ0v) is 12.0. The molecule has 1 aromatic rings. The molecule has 1 aliphatic rings. The van der Waals surface area contributed by atoms with Crippen molar-refractivity contribution in [1.29, 1.82) is 0 Å². The molecule has 2 rings (SSSR count). The number of aryl methyl sites for hydroxylation is 1. The molecule has 0 spiro atoms. The van der Waals surface area contributed by atoms with Gasteiger partial charge in [0.25, 0.3) is 0 Å². The van der Waals surface area contributed by atoms with Gasteiger partial charge in [-0.25, -0.2) is 4.79 Å². The van der Waals surface area contributed by atoms with Gasteiger partial charge in [-0.3, -0.25) is 4.90 Å². The van der Waals surface area contributed by atoms with Crippen LogP contribution in [-0.4, -0.2) is 44.2 Å². The molecule has 1 heterocycles. The summed E-state index contributed by atoms with van der Waals surface area (Å²) in [5.41, 5.74) is 1.99. The van der Waals surface area contributed by atoms with Crippen LogP contribution >= 0.6 is 11.6 Å². The van der Waals surface area contributed by atoms with Crippen LogP contribution < -0.4 is 5.32 Å². The summed E-state index contributed by atoms with van der Waals surface area (Å²) in [7, 11) is 1.43. The second-order valence-corrected chi connectivity index (χ2v) is 5.15. The summed E-state index contributed by atoms with van der Waals surface area (Å²) in [5.74, 6) is -0.215. The number of carbonyl (C=O) groups is 1. The van der Waals surface area contributed by atoms with Gasteiger partial charge in [0.15, 0.2) is 0 Å². The summed E-state index contributed by atoms with van der Waals surface area (Å²) in [4.78, 5) is 14.3. The lowest BCUT2D eigenvalue weighted by atomic mass is 9.99. The molecule has 1 aromatic carbocycles. The van der Waals surface area contributed by atoms with Gasteiger partial charge in [0.1, 0.15) is 6.04 Å². The summed E-state index contributed by atoms with van der Waals surface area (Å²) < 4.78 is 4.97. The van der Waals surface area contributed by atoms with Crippen LogP contribution in [0.5, 0.6) is 0 Å². The van der Waals surface area contributed by atoms with Crippen molar-refractivity contribution in [3.63, 3.8) is 0 Å². The van der Waals surface area contributed by atoms with E-state index in [0.29, 0.717) is 5.02 Å². The van der Waals surface area contributed by atoms with E-state index in [1.54, 1.807) is 0 Å². The van der Waals surface area contributed by atoms with Gasteiger partial charge in [-0.15, -0.1) is 0 Å². The number of carbonyl (C=O) groups excluding carboxylic acids is 1. The largest absolute Gasteiger partial charge is 0.468 e. The number of hydrogen-bond acceptors (Lipinski definition) is 4. The Morgan fingerprint density at radius 1 is 1.42 bits per heavy atom. The zero-order valence-electron chi connectivity index (χ0n) is 11.3. The number of nitrogens with zero attached hydrogens (tertiary/aromatic N) is 1. The van der Waals surface area contributed by atoms with E-state index in [9.17, 15) is 4.79 Å². The Hall–Kier alpha value is -1.10. The van der Waals surface area contributed by atoms with Crippen molar-refractivity contribution in [2.75, 3.05) is 33.3 Å². The Morgan fingerprint density at radius 2 is 2.11 bits per heavy atom. The van der Waals surface area contributed by atoms with Gasteiger partial charge in [0, 0.05) is 31.2 Å². The maximum atomic E-state index is 12.1. The highest BCUT2D eigenvalue weighted by molar-refractivity contribution is 6.30. The fraction of sp³-hybridized carbons (Fsp3) is 0.500. The van der Waals surface area contributed by atoms with Crippen LogP contribution in [-0.2, 0) is 9.53 Å². The summed E-state index contributed by atoms with van der Waals surface area (Å²) in [5, 5.41) is 3.97. The van der Waals surface area contributed by atoms with Gasteiger partial charge in [0.2, 0.25) is 0 Å². The lowest BCUT2D eigenvalue weighted by Crippen LogP contribution is -2.47. The average Bonchev–Trinajstić information content (AvgIpc) is 2.42. The highest BCUT2D eigenvalue weighted by Gasteiger charge is 2.30. The van der Waals surface area contributed by atoms with Crippen molar-refractivity contribution in [1.82, 2.24) is 10.2 Å². The molecule has 1 aliphatic heterocycles. The SMILES string of the molecule is COC(=O)C(c1ccc(Cl)cc1C)N1CCNCC1. The molecule has 4 nitrogen and oxygen atoms in total. The van der Waals surface area contributed by atoms with Crippen LogP contribution in [0.4, 0.5) is 0 Å². The van der Waals surface area contributed by atoms with Crippen LogP contribution in [0.15, 0.2) is 18.2 Å².